The SMILES string of the molecule is COc1cc(C(=O)O)c(F)cc1NS(=O)(=O)c1cnc(-c2ccc(F)cc2)s1. The van der Waals surface area contributed by atoms with E-state index in [2.05, 4.69) is 9.71 Å². The van der Waals surface area contributed by atoms with Gasteiger partial charge >= 0.3 is 5.97 Å². The summed E-state index contributed by atoms with van der Waals surface area (Å²) in [6.45, 7) is 0. The van der Waals surface area contributed by atoms with Crippen molar-refractivity contribution in [1.82, 2.24) is 4.98 Å². The molecule has 0 atom stereocenters. The summed E-state index contributed by atoms with van der Waals surface area (Å²) in [5.41, 5.74) is -0.389. The van der Waals surface area contributed by atoms with E-state index in [0.29, 0.717) is 10.6 Å². The molecule has 0 aliphatic heterocycles. The number of aromatic carboxylic acids is 1. The highest BCUT2D eigenvalue weighted by molar-refractivity contribution is 7.94. The first-order valence-electron chi connectivity index (χ1n) is 7.56. The zero-order chi connectivity index (χ0) is 20.5. The maximum atomic E-state index is 13.9. The first-order chi connectivity index (χ1) is 13.2. The molecule has 28 heavy (non-hydrogen) atoms. The van der Waals surface area contributed by atoms with Crippen LogP contribution in [0.4, 0.5) is 14.5 Å². The maximum Gasteiger partial charge on any atom is 0.338 e. The monoisotopic (exact) mass is 426 g/mol. The summed E-state index contributed by atoms with van der Waals surface area (Å²) in [4.78, 5) is 15.0. The average molecular weight is 426 g/mol. The molecule has 2 aromatic carbocycles. The number of thiazole rings is 1. The fourth-order valence-corrected chi connectivity index (χ4v) is 4.47. The van der Waals surface area contributed by atoms with E-state index in [0.717, 1.165) is 29.7 Å². The van der Waals surface area contributed by atoms with Gasteiger partial charge in [0.1, 0.15) is 22.4 Å². The Kier molecular flexibility index (Phi) is 5.29. The molecular formula is C17H12F2N2O5S2. The number of carboxylic acid groups (broad SMARTS) is 1. The molecule has 0 spiro atoms. The van der Waals surface area contributed by atoms with Gasteiger partial charge in [0.05, 0.1) is 24.6 Å². The lowest BCUT2D eigenvalue weighted by Gasteiger charge is -2.12. The van der Waals surface area contributed by atoms with E-state index in [1.165, 1.54) is 31.4 Å². The molecule has 0 bridgehead atoms. The smallest absolute Gasteiger partial charge is 0.338 e. The van der Waals surface area contributed by atoms with Crippen LogP contribution in [-0.4, -0.2) is 31.6 Å². The predicted molar refractivity (Wildman–Crippen MR) is 98.2 cm³/mol. The molecule has 3 aromatic rings. The molecule has 7 nitrogen and oxygen atoms in total. The van der Waals surface area contributed by atoms with E-state index in [4.69, 9.17) is 9.84 Å². The van der Waals surface area contributed by atoms with Gasteiger partial charge in [-0.1, -0.05) is 0 Å². The number of hydrogen-bond acceptors (Lipinski definition) is 6. The molecule has 0 aliphatic carbocycles. The van der Waals surface area contributed by atoms with Crippen LogP contribution in [0.5, 0.6) is 5.75 Å². The second-order valence-corrected chi connectivity index (χ2v) is 8.37. The Morgan fingerprint density at radius 1 is 1.21 bits per heavy atom. The van der Waals surface area contributed by atoms with Crippen LogP contribution in [0.3, 0.4) is 0 Å². The molecule has 0 unspecified atom stereocenters. The van der Waals surface area contributed by atoms with Crippen molar-refractivity contribution in [2.75, 3.05) is 11.8 Å². The molecule has 11 heteroatoms. The molecule has 0 amide bonds. The van der Waals surface area contributed by atoms with Crippen molar-refractivity contribution in [3.05, 3.63) is 59.8 Å². The van der Waals surface area contributed by atoms with Crippen LogP contribution in [0.1, 0.15) is 10.4 Å². The van der Waals surface area contributed by atoms with Gasteiger partial charge in [-0.3, -0.25) is 4.72 Å². The summed E-state index contributed by atoms with van der Waals surface area (Å²) in [5.74, 6) is -3.24. The second-order valence-electron chi connectivity index (χ2n) is 5.43. The van der Waals surface area contributed by atoms with Crippen LogP contribution in [0.25, 0.3) is 10.6 Å². The van der Waals surface area contributed by atoms with Crippen molar-refractivity contribution < 1.29 is 31.8 Å². The Morgan fingerprint density at radius 2 is 1.89 bits per heavy atom. The van der Waals surface area contributed by atoms with Gasteiger partial charge in [-0.05, 0) is 30.3 Å². The Morgan fingerprint density at radius 3 is 2.50 bits per heavy atom. The number of methoxy groups -OCH3 is 1. The van der Waals surface area contributed by atoms with Crippen LogP contribution in [0.15, 0.2) is 46.8 Å². The van der Waals surface area contributed by atoms with Crippen molar-refractivity contribution >= 4 is 33.0 Å². The number of nitrogens with zero attached hydrogens (tertiary/aromatic N) is 1. The Bertz CT molecular complexity index is 1140. The predicted octanol–water partition coefficient (Wildman–Crippen LogP) is 3.60. The lowest BCUT2D eigenvalue weighted by molar-refractivity contribution is 0.0691. The van der Waals surface area contributed by atoms with E-state index in [-0.39, 0.29) is 15.6 Å². The average Bonchev–Trinajstić information content (AvgIpc) is 3.13. The van der Waals surface area contributed by atoms with Crippen LogP contribution >= 0.6 is 11.3 Å². The fourth-order valence-electron chi connectivity index (χ4n) is 2.27. The highest BCUT2D eigenvalue weighted by atomic mass is 32.2. The summed E-state index contributed by atoms with van der Waals surface area (Å²) in [5, 5.41) is 9.30. The van der Waals surface area contributed by atoms with Crippen LogP contribution in [0.2, 0.25) is 0 Å². The molecule has 1 aromatic heterocycles. The quantitative estimate of drug-likeness (QED) is 0.624. The standard InChI is InChI=1S/C17H12F2N2O5S2/c1-26-14-6-11(17(22)23)12(19)7-13(14)21-28(24,25)15-8-20-16(27-15)9-2-4-10(18)5-3-9/h2-8,21H,1H3,(H,22,23). The van der Waals surface area contributed by atoms with E-state index >= 15 is 0 Å². The van der Waals surface area contributed by atoms with Crippen molar-refractivity contribution in [2.45, 2.75) is 4.21 Å². The fraction of sp³-hybridized carbons (Fsp3) is 0.0588. The number of carbonyl (C=O) groups is 1. The minimum Gasteiger partial charge on any atom is -0.495 e. The largest absolute Gasteiger partial charge is 0.495 e. The third-order valence-electron chi connectivity index (χ3n) is 3.60. The number of nitrogens with one attached hydrogen (secondary N) is 1. The van der Waals surface area contributed by atoms with Gasteiger partial charge in [0.2, 0.25) is 0 Å². The van der Waals surface area contributed by atoms with Crippen molar-refractivity contribution in [2.24, 2.45) is 0 Å². The highest BCUT2D eigenvalue weighted by Crippen LogP contribution is 2.33. The first-order valence-corrected chi connectivity index (χ1v) is 9.86. The van der Waals surface area contributed by atoms with E-state index in [1.54, 1.807) is 0 Å². The topological polar surface area (TPSA) is 106 Å². The summed E-state index contributed by atoms with van der Waals surface area (Å²) >= 11 is 0.831. The van der Waals surface area contributed by atoms with Crippen molar-refractivity contribution in [1.29, 1.82) is 0 Å². The van der Waals surface area contributed by atoms with Gasteiger partial charge in [-0.2, -0.15) is 0 Å². The lowest BCUT2D eigenvalue weighted by Crippen LogP contribution is -2.13. The minimum absolute atomic E-state index is 0.161. The van der Waals surface area contributed by atoms with Crippen LogP contribution in [0, 0.1) is 11.6 Å². The molecule has 0 saturated carbocycles. The summed E-state index contributed by atoms with van der Waals surface area (Å²) in [6.07, 6.45) is 1.11. The number of ether oxygens (including phenoxy) is 1. The normalized spacial score (nSPS) is 11.2. The number of rotatable bonds is 6. The molecule has 0 saturated heterocycles. The number of benzene rings is 2. The molecule has 0 radical (unpaired) electrons. The zero-order valence-corrected chi connectivity index (χ0v) is 15.8. The second kappa shape index (κ2) is 7.52. The van der Waals surface area contributed by atoms with Crippen molar-refractivity contribution in [3.63, 3.8) is 0 Å². The third kappa shape index (κ3) is 3.94. The molecule has 1 heterocycles. The van der Waals surface area contributed by atoms with E-state index in [1.807, 2.05) is 0 Å². The number of halogens is 2. The number of aromatic nitrogens is 1. The van der Waals surface area contributed by atoms with Crippen molar-refractivity contribution in [3.8, 4) is 16.3 Å². The molecular weight excluding hydrogens is 414 g/mol. The van der Waals surface area contributed by atoms with Crippen LogP contribution < -0.4 is 9.46 Å². The van der Waals surface area contributed by atoms with E-state index < -0.39 is 33.2 Å². The summed E-state index contributed by atoms with van der Waals surface area (Å²) in [6, 6.07) is 6.97. The summed E-state index contributed by atoms with van der Waals surface area (Å²) < 4.78 is 59.1. The van der Waals surface area contributed by atoms with Gasteiger partial charge in [0, 0.05) is 11.6 Å². The summed E-state index contributed by atoms with van der Waals surface area (Å²) in [7, 11) is -2.96. The van der Waals surface area contributed by atoms with Gasteiger partial charge in [0.15, 0.2) is 4.21 Å². The molecule has 3 rings (SSSR count). The van der Waals surface area contributed by atoms with Gasteiger partial charge in [-0.15, -0.1) is 11.3 Å². The van der Waals surface area contributed by atoms with E-state index in [9.17, 15) is 22.0 Å². The van der Waals surface area contributed by atoms with Gasteiger partial charge in [-0.25, -0.2) is 27.0 Å². The molecule has 146 valence electrons. The zero-order valence-electron chi connectivity index (χ0n) is 14.1. The number of hydrogen-bond donors (Lipinski definition) is 2. The number of carboxylic acids is 1. The first kappa shape index (κ1) is 19.7. The molecule has 0 fully saturated rings. The third-order valence-corrected chi connectivity index (χ3v) is 6.48. The minimum atomic E-state index is -4.15. The molecule has 2 N–H and O–H groups in total. The Labute approximate surface area is 162 Å². The highest BCUT2D eigenvalue weighted by Gasteiger charge is 2.23. The Hall–Kier alpha value is -3.05. The number of anilines is 1. The van der Waals surface area contributed by atoms with Gasteiger partial charge < -0.3 is 9.84 Å². The Balaban J connectivity index is 1.93. The van der Waals surface area contributed by atoms with Crippen LogP contribution in [-0.2, 0) is 10.0 Å². The number of sulfonamides is 1. The van der Waals surface area contributed by atoms with Gasteiger partial charge in [0.25, 0.3) is 10.0 Å². The maximum absolute atomic E-state index is 13.9. The lowest BCUT2D eigenvalue weighted by atomic mass is 10.2. The molecule has 0 aliphatic rings.